The predicted molar refractivity (Wildman–Crippen MR) is 101 cm³/mol. The van der Waals surface area contributed by atoms with Crippen LogP contribution in [-0.2, 0) is 9.59 Å². The lowest BCUT2D eigenvalue weighted by Crippen LogP contribution is -2.28. The molecule has 2 amide bonds. The van der Waals surface area contributed by atoms with E-state index < -0.39 is 5.92 Å². The number of rotatable bonds is 4. The number of benzene rings is 2. The lowest BCUT2D eigenvalue weighted by molar-refractivity contribution is -0.122. The summed E-state index contributed by atoms with van der Waals surface area (Å²) in [6.45, 7) is 0.284. The molecule has 0 spiro atoms. The van der Waals surface area contributed by atoms with E-state index in [9.17, 15) is 9.59 Å². The molecule has 1 fully saturated rings. The molecule has 25 heavy (non-hydrogen) atoms. The van der Waals surface area contributed by atoms with Crippen molar-refractivity contribution in [3.05, 3.63) is 52.0 Å². The summed E-state index contributed by atoms with van der Waals surface area (Å²) < 4.78 is 6.10. The van der Waals surface area contributed by atoms with Gasteiger partial charge in [0.25, 0.3) is 0 Å². The molecule has 2 aromatic carbocycles. The summed E-state index contributed by atoms with van der Waals surface area (Å²) in [6.07, 6.45) is 0.145. The zero-order valence-electron chi connectivity index (χ0n) is 13.5. The highest BCUT2D eigenvalue weighted by molar-refractivity contribution is 9.10. The highest BCUT2D eigenvalue weighted by Crippen LogP contribution is 2.35. The molecule has 0 bridgehead atoms. The third-order valence-electron chi connectivity index (χ3n) is 4.06. The zero-order valence-corrected chi connectivity index (χ0v) is 15.8. The summed E-state index contributed by atoms with van der Waals surface area (Å²) in [5, 5.41) is 3.37. The van der Waals surface area contributed by atoms with Crippen molar-refractivity contribution in [3.8, 4) is 5.75 Å². The Bertz CT molecular complexity index is 828. The zero-order chi connectivity index (χ0) is 18.0. The Hall–Kier alpha value is -2.05. The number of nitrogens with one attached hydrogen (secondary N) is 1. The minimum atomic E-state index is -0.441. The number of carbonyl (C=O) groups is 2. The topological polar surface area (TPSA) is 58.6 Å². The van der Waals surface area contributed by atoms with Gasteiger partial charge in [-0.2, -0.15) is 0 Å². The van der Waals surface area contributed by atoms with Crippen molar-refractivity contribution in [1.82, 2.24) is 0 Å². The summed E-state index contributed by atoms with van der Waals surface area (Å²) >= 11 is 9.44. The number of methoxy groups -OCH3 is 1. The fourth-order valence-electron chi connectivity index (χ4n) is 2.79. The van der Waals surface area contributed by atoms with E-state index in [1.54, 1.807) is 29.2 Å². The van der Waals surface area contributed by atoms with E-state index in [0.717, 1.165) is 4.47 Å². The van der Waals surface area contributed by atoms with Crippen LogP contribution in [0, 0.1) is 5.92 Å². The summed E-state index contributed by atoms with van der Waals surface area (Å²) in [5.41, 5.74) is 1.26. The Morgan fingerprint density at radius 1 is 1.32 bits per heavy atom. The Morgan fingerprint density at radius 3 is 2.80 bits per heavy atom. The van der Waals surface area contributed by atoms with Gasteiger partial charge in [-0.05, 0) is 46.3 Å². The lowest BCUT2D eigenvalue weighted by atomic mass is 10.1. The molecule has 0 unspecified atom stereocenters. The Labute approximate surface area is 159 Å². The first-order chi connectivity index (χ1) is 12.0. The molecule has 1 aliphatic rings. The van der Waals surface area contributed by atoms with Gasteiger partial charge in [0.2, 0.25) is 11.8 Å². The predicted octanol–water partition coefficient (Wildman–Crippen LogP) is 4.10. The molecular formula is C18H16BrClN2O3. The van der Waals surface area contributed by atoms with Crippen molar-refractivity contribution in [1.29, 1.82) is 0 Å². The third kappa shape index (κ3) is 3.80. The van der Waals surface area contributed by atoms with Gasteiger partial charge in [-0.1, -0.05) is 23.7 Å². The molecule has 0 aliphatic carbocycles. The van der Waals surface area contributed by atoms with Crippen LogP contribution in [0.25, 0.3) is 0 Å². The van der Waals surface area contributed by atoms with E-state index in [0.29, 0.717) is 22.1 Å². The molecule has 0 aromatic heterocycles. The molecule has 0 radical (unpaired) electrons. The van der Waals surface area contributed by atoms with Gasteiger partial charge in [-0.3, -0.25) is 9.59 Å². The minimum Gasteiger partial charge on any atom is -0.495 e. The van der Waals surface area contributed by atoms with E-state index >= 15 is 0 Å². The van der Waals surface area contributed by atoms with Crippen molar-refractivity contribution in [2.75, 3.05) is 23.9 Å². The van der Waals surface area contributed by atoms with E-state index in [4.69, 9.17) is 16.3 Å². The van der Waals surface area contributed by atoms with Gasteiger partial charge >= 0.3 is 0 Å². The first-order valence-corrected chi connectivity index (χ1v) is 8.86. The highest BCUT2D eigenvalue weighted by Gasteiger charge is 2.36. The van der Waals surface area contributed by atoms with Crippen LogP contribution in [0.5, 0.6) is 5.75 Å². The van der Waals surface area contributed by atoms with E-state index in [2.05, 4.69) is 21.2 Å². The molecule has 2 aromatic rings. The number of ether oxygens (including phenoxy) is 1. The minimum absolute atomic E-state index is 0.132. The van der Waals surface area contributed by atoms with Crippen LogP contribution in [0.3, 0.4) is 0 Å². The number of para-hydroxylation sites is 1. The molecule has 1 saturated heterocycles. The van der Waals surface area contributed by atoms with Crippen LogP contribution >= 0.6 is 27.5 Å². The smallest absolute Gasteiger partial charge is 0.229 e. The van der Waals surface area contributed by atoms with E-state index in [1.807, 2.05) is 18.2 Å². The summed E-state index contributed by atoms with van der Waals surface area (Å²) in [7, 11) is 1.53. The molecular weight excluding hydrogens is 408 g/mol. The van der Waals surface area contributed by atoms with E-state index in [-0.39, 0.29) is 24.8 Å². The maximum Gasteiger partial charge on any atom is 0.229 e. The van der Waals surface area contributed by atoms with Crippen LogP contribution in [0.15, 0.2) is 46.9 Å². The standard InChI is InChI=1S/C18H16BrClN2O3/c1-25-16-7-6-12(20)9-15(16)22-10-11(8-17(22)23)18(24)21-14-5-3-2-4-13(14)19/h2-7,9,11H,8,10H2,1H3,(H,21,24)/t11-/m1/s1. The monoisotopic (exact) mass is 422 g/mol. The van der Waals surface area contributed by atoms with Crippen LogP contribution in [0.4, 0.5) is 11.4 Å². The highest BCUT2D eigenvalue weighted by atomic mass is 79.9. The van der Waals surface area contributed by atoms with Crippen LogP contribution < -0.4 is 15.0 Å². The third-order valence-corrected chi connectivity index (χ3v) is 4.99. The van der Waals surface area contributed by atoms with Crippen LogP contribution in [-0.4, -0.2) is 25.5 Å². The molecule has 1 N–H and O–H groups in total. The average molecular weight is 424 g/mol. The van der Waals surface area contributed by atoms with Gasteiger partial charge in [0.05, 0.1) is 24.4 Å². The molecule has 3 rings (SSSR count). The normalized spacial score (nSPS) is 16.8. The Kier molecular flexibility index (Phi) is 5.30. The van der Waals surface area contributed by atoms with Gasteiger partial charge < -0.3 is 15.0 Å². The summed E-state index contributed by atoms with van der Waals surface area (Å²) in [4.78, 5) is 26.5. The maximum absolute atomic E-state index is 12.5. The number of hydrogen-bond donors (Lipinski definition) is 1. The van der Waals surface area contributed by atoms with Gasteiger partial charge in [0.15, 0.2) is 0 Å². The molecule has 130 valence electrons. The lowest BCUT2D eigenvalue weighted by Gasteiger charge is -2.20. The Morgan fingerprint density at radius 2 is 2.08 bits per heavy atom. The summed E-state index contributed by atoms with van der Waals surface area (Å²) in [6, 6.07) is 12.4. The van der Waals surface area contributed by atoms with Crippen LogP contribution in [0.1, 0.15) is 6.42 Å². The molecule has 5 nitrogen and oxygen atoms in total. The fourth-order valence-corrected chi connectivity index (χ4v) is 3.34. The van der Waals surface area contributed by atoms with Gasteiger partial charge in [-0.25, -0.2) is 0 Å². The second-order valence-corrected chi connectivity index (χ2v) is 6.98. The SMILES string of the molecule is COc1ccc(Cl)cc1N1C[C@H](C(=O)Nc2ccccc2Br)CC1=O. The van der Waals surface area contributed by atoms with Crippen molar-refractivity contribution in [3.63, 3.8) is 0 Å². The largest absolute Gasteiger partial charge is 0.495 e. The first-order valence-electron chi connectivity index (χ1n) is 7.69. The van der Waals surface area contributed by atoms with Gasteiger partial charge in [-0.15, -0.1) is 0 Å². The van der Waals surface area contributed by atoms with Gasteiger partial charge in [0.1, 0.15) is 5.75 Å². The molecule has 7 heteroatoms. The average Bonchev–Trinajstić information content (AvgIpc) is 2.98. The fraction of sp³-hybridized carbons (Fsp3) is 0.222. The van der Waals surface area contributed by atoms with Crippen LogP contribution in [0.2, 0.25) is 5.02 Å². The maximum atomic E-state index is 12.5. The second-order valence-electron chi connectivity index (χ2n) is 5.69. The number of amides is 2. The van der Waals surface area contributed by atoms with Crippen molar-refractivity contribution < 1.29 is 14.3 Å². The van der Waals surface area contributed by atoms with Gasteiger partial charge in [0, 0.05) is 22.5 Å². The number of halogens is 2. The Balaban J connectivity index is 1.78. The van der Waals surface area contributed by atoms with Crippen molar-refractivity contribution in [2.24, 2.45) is 5.92 Å². The quantitative estimate of drug-likeness (QED) is 0.805. The number of carbonyl (C=O) groups excluding carboxylic acids is 2. The van der Waals surface area contributed by atoms with Crippen molar-refractivity contribution >= 4 is 50.7 Å². The molecule has 0 saturated carbocycles. The second kappa shape index (κ2) is 7.45. The number of anilines is 2. The van der Waals surface area contributed by atoms with Crippen molar-refractivity contribution in [2.45, 2.75) is 6.42 Å². The first kappa shape index (κ1) is 17.8. The number of hydrogen-bond acceptors (Lipinski definition) is 3. The summed E-state index contributed by atoms with van der Waals surface area (Å²) in [5.74, 6) is -0.218. The molecule has 1 aliphatic heterocycles. The number of nitrogens with zero attached hydrogens (tertiary/aromatic N) is 1. The molecule has 1 atom stereocenters. The molecule has 1 heterocycles. The van der Waals surface area contributed by atoms with E-state index in [1.165, 1.54) is 7.11 Å².